The highest BCUT2D eigenvalue weighted by Gasteiger charge is 2.41. The van der Waals surface area contributed by atoms with Gasteiger partial charge in [-0.15, -0.1) is 0 Å². The van der Waals surface area contributed by atoms with Crippen molar-refractivity contribution >= 4 is 39.1 Å². The van der Waals surface area contributed by atoms with E-state index in [0.29, 0.717) is 0 Å². The van der Waals surface area contributed by atoms with E-state index in [0.717, 1.165) is 0 Å². The first-order valence-corrected chi connectivity index (χ1v) is 8.82. The molecule has 0 aliphatic heterocycles. The van der Waals surface area contributed by atoms with Crippen molar-refractivity contribution < 1.29 is 23.9 Å². The van der Waals surface area contributed by atoms with Gasteiger partial charge in [-0.05, 0) is 15.9 Å². The van der Waals surface area contributed by atoms with Gasteiger partial charge in [-0.2, -0.15) is 0 Å². The number of ketones is 4. The van der Waals surface area contributed by atoms with Crippen LogP contribution in [0.5, 0.6) is 0 Å². The van der Waals surface area contributed by atoms with Crippen LogP contribution in [-0.4, -0.2) is 30.2 Å². The number of benzene rings is 2. The molecule has 4 rings (SSSR count). The Balaban J connectivity index is 2.01. The molecule has 27 heavy (non-hydrogen) atoms. The lowest BCUT2D eigenvalue weighted by Gasteiger charge is -2.24. The monoisotopic (exact) mass is 422 g/mol. The molecule has 0 amide bonds. The van der Waals surface area contributed by atoms with Crippen molar-refractivity contribution in [2.45, 2.75) is 0 Å². The van der Waals surface area contributed by atoms with E-state index in [1.807, 2.05) is 0 Å². The number of allylic oxidation sites excluding steroid dienone is 4. The first-order chi connectivity index (χ1) is 13.0. The number of Topliss-reactive ketones (excluding diaryl/α,β-unsaturated/α-hetero) is 4. The summed E-state index contributed by atoms with van der Waals surface area (Å²) in [6, 6.07) is 12.7. The molecule has 6 heteroatoms. The first kappa shape index (κ1) is 17.3. The third-order valence-corrected chi connectivity index (χ3v) is 5.35. The molecule has 0 aromatic heterocycles. The zero-order valence-electron chi connectivity index (χ0n) is 14.0. The van der Waals surface area contributed by atoms with Crippen molar-refractivity contribution in [3.8, 4) is 0 Å². The smallest absolute Gasteiger partial charge is 0.229 e. The van der Waals surface area contributed by atoms with Gasteiger partial charge in [0.25, 0.3) is 0 Å². The van der Waals surface area contributed by atoms with Crippen LogP contribution < -0.4 is 0 Å². The minimum Gasteiger partial charge on any atom is -0.492 e. The molecule has 0 saturated heterocycles. The van der Waals surface area contributed by atoms with Crippen molar-refractivity contribution in [2.75, 3.05) is 7.11 Å². The van der Waals surface area contributed by atoms with Crippen LogP contribution in [0.4, 0.5) is 0 Å². The maximum absolute atomic E-state index is 13.1. The van der Waals surface area contributed by atoms with E-state index < -0.39 is 23.1 Å². The fourth-order valence-corrected chi connectivity index (χ4v) is 3.93. The molecule has 2 aromatic carbocycles. The Labute approximate surface area is 162 Å². The number of carbonyl (C=O) groups is 4. The largest absolute Gasteiger partial charge is 0.492 e. The molecule has 0 heterocycles. The van der Waals surface area contributed by atoms with Gasteiger partial charge in [-0.25, -0.2) is 0 Å². The summed E-state index contributed by atoms with van der Waals surface area (Å²) in [4.78, 5) is 51.8. The summed E-state index contributed by atoms with van der Waals surface area (Å²) in [5, 5.41) is 0. The van der Waals surface area contributed by atoms with Crippen molar-refractivity contribution in [2.24, 2.45) is 0 Å². The van der Waals surface area contributed by atoms with Crippen LogP contribution in [-0.2, 0) is 4.74 Å². The third-order valence-electron chi connectivity index (χ3n) is 4.59. The average molecular weight is 423 g/mol. The van der Waals surface area contributed by atoms with Crippen LogP contribution in [0.3, 0.4) is 0 Å². The molecular formula is C21H11BrO5. The Morgan fingerprint density at radius 2 is 1.04 bits per heavy atom. The van der Waals surface area contributed by atoms with Crippen LogP contribution in [0.25, 0.3) is 0 Å². The van der Waals surface area contributed by atoms with Gasteiger partial charge in [-0.1, -0.05) is 48.5 Å². The Hall–Kier alpha value is -3.12. The second kappa shape index (κ2) is 6.25. The van der Waals surface area contributed by atoms with E-state index in [2.05, 4.69) is 15.9 Å². The van der Waals surface area contributed by atoms with Crippen LogP contribution in [0.2, 0.25) is 0 Å². The number of fused-ring (bicyclic) bond motifs is 2. The normalized spacial score (nSPS) is 16.5. The van der Waals surface area contributed by atoms with Gasteiger partial charge >= 0.3 is 0 Å². The van der Waals surface area contributed by atoms with Gasteiger partial charge in [0.15, 0.2) is 17.3 Å². The fraction of sp³-hybridized carbons (Fsp3) is 0.0476. The van der Waals surface area contributed by atoms with Crippen LogP contribution >= 0.6 is 15.9 Å². The van der Waals surface area contributed by atoms with Gasteiger partial charge < -0.3 is 4.74 Å². The average Bonchev–Trinajstić information content (AvgIpc) is 2.70. The van der Waals surface area contributed by atoms with Crippen LogP contribution in [0, 0.1) is 0 Å². The van der Waals surface area contributed by atoms with Gasteiger partial charge in [-0.3, -0.25) is 19.2 Å². The number of methoxy groups -OCH3 is 1. The fourth-order valence-electron chi connectivity index (χ4n) is 3.34. The standard InChI is InChI=1S/C21H11BrO5/c1-27-21-15(18(24)11-7-3-5-9-13(11)20(21)26)14-16(22)19(25)12-8-4-2-6-10(12)17(14)23/h2-9H,1H3. The lowest BCUT2D eigenvalue weighted by molar-refractivity contribution is 0.0901. The summed E-state index contributed by atoms with van der Waals surface area (Å²) in [5.74, 6) is -2.22. The Morgan fingerprint density at radius 3 is 1.52 bits per heavy atom. The molecule has 0 N–H and O–H groups in total. The summed E-state index contributed by atoms with van der Waals surface area (Å²) in [5.41, 5.74) is 0.458. The van der Waals surface area contributed by atoms with Crippen LogP contribution in [0.1, 0.15) is 41.4 Å². The number of carbonyl (C=O) groups excluding carboxylic acids is 4. The molecule has 0 radical (unpaired) electrons. The topological polar surface area (TPSA) is 77.5 Å². The number of hydrogen-bond acceptors (Lipinski definition) is 5. The second-order valence-electron chi connectivity index (χ2n) is 6.00. The summed E-state index contributed by atoms with van der Waals surface area (Å²) in [7, 11) is 1.26. The van der Waals surface area contributed by atoms with Crippen LogP contribution in [0.15, 0.2) is 69.9 Å². The first-order valence-electron chi connectivity index (χ1n) is 8.02. The Kier molecular flexibility index (Phi) is 4.00. The molecule has 0 unspecified atom stereocenters. The second-order valence-corrected chi connectivity index (χ2v) is 6.80. The van der Waals surface area contributed by atoms with Gasteiger partial charge in [0.05, 0.1) is 22.7 Å². The molecule has 0 bridgehead atoms. The van der Waals surface area contributed by atoms with Gasteiger partial charge in [0, 0.05) is 22.3 Å². The number of hydrogen-bond donors (Lipinski definition) is 0. The third kappa shape index (κ3) is 2.37. The molecule has 5 nitrogen and oxygen atoms in total. The van der Waals surface area contributed by atoms with E-state index in [-0.39, 0.29) is 43.6 Å². The van der Waals surface area contributed by atoms with Gasteiger partial charge in [0.1, 0.15) is 0 Å². The summed E-state index contributed by atoms with van der Waals surface area (Å²) in [6.07, 6.45) is 0. The molecule has 0 atom stereocenters. The lowest BCUT2D eigenvalue weighted by atomic mass is 9.79. The van der Waals surface area contributed by atoms with E-state index in [1.165, 1.54) is 25.3 Å². The number of ether oxygens (including phenoxy) is 1. The highest BCUT2D eigenvalue weighted by atomic mass is 79.9. The van der Waals surface area contributed by atoms with E-state index in [9.17, 15) is 19.2 Å². The van der Waals surface area contributed by atoms with Crippen molar-refractivity contribution in [3.63, 3.8) is 0 Å². The SMILES string of the molecule is COC1=C(C2=C(Br)C(=O)c3ccccc3C2=O)C(=O)c2ccccc2C1=O. The molecule has 0 saturated carbocycles. The minimum absolute atomic E-state index is 0.0590. The summed E-state index contributed by atoms with van der Waals surface area (Å²) < 4.78 is 5.15. The van der Waals surface area contributed by atoms with E-state index in [4.69, 9.17) is 4.74 Å². The quantitative estimate of drug-likeness (QED) is 0.737. The highest BCUT2D eigenvalue weighted by Crippen LogP contribution is 2.38. The molecule has 0 spiro atoms. The predicted octanol–water partition coefficient (Wildman–Crippen LogP) is 3.69. The number of rotatable bonds is 2. The summed E-state index contributed by atoms with van der Waals surface area (Å²) in [6.45, 7) is 0. The van der Waals surface area contributed by atoms with Crippen molar-refractivity contribution in [1.82, 2.24) is 0 Å². The van der Waals surface area contributed by atoms with E-state index >= 15 is 0 Å². The number of halogens is 1. The Morgan fingerprint density at radius 1 is 0.630 bits per heavy atom. The Bertz CT molecular complexity index is 1140. The minimum atomic E-state index is -0.533. The molecule has 132 valence electrons. The zero-order chi connectivity index (χ0) is 19.3. The summed E-state index contributed by atoms with van der Waals surface area (Å²) >= 11 is 3.17. The van der Waals surface area contributed by atoms with Gasteiger partial charge in [0.2, 0.25) is 11.6 Å². The molecule has 2 aliphatic rings. The lowest BCUT2D eigenvalue weighted by Crippen LogP contribution is -2.29. The van der Waals surface area contributed by atoms with Crippen molar-refractivity contribution in [3.05, 3.63) is 92.2 Å². The maximum atomic E-state index is 13.1. The predicted molar refractivity (Wildman–Crippen MR) is 100 cm³/mol. The highest BCUT2D eigenvalue weighted by molar-refractivity contribution is 9.12. The van der Waals surface area contributed by atoms with E-state index in [1.54, 1.807) is 30.3 Å². The zero-order valence-corrected chi connectivity index (χ0v) is 15.6. The molecule has 2 aromatic rings. The molecule has 2 aliphatic carbocycles. The molecular weight excluding hydrogens is 412 g/mol. The van der Waals surface area contributed by atoms with Crippen molar-refractivity contribution in [1.29, 1.82) is 0 Å². The maximum Gasteiger partial charge on any atom is 0.229 e. The molecule has 0 fully saturated rings.